The molecular formula is C7H15NO2. The summed E-state index contributed by atoms with van der Waals surface area (Å²) in [6.45, 7) is 3.59. The highest BCUT2D eigenvalue weighted by Gasteiger charge is 2.14. The van der Waals surface area contributed by atoms with Crippen molar-refractivity contribution in [3.05, 3.63) is 0 Å². The first-order valence-electron chi connectivity index (χ1n) is 3.78. The number of rotatable bonds is 2. The van der Waals surface area contributed by atoms with E-state index in [0.29, 0.717) is 0 Å². The Morgan fingerprint density at radius 3 is 2.60 bits per heavy atom. The second kappa shape index (κ2) is 3.91. The van der Waals surface area contributed by atoms with E-state index < -0.39 is 0 Å². The van der Waals surface area contributed by atoms with Gasteiger partial charge in [0.25, 0.3) is 0 Å². The van der Waals surface area contributed by atoms with Crippen molar-refractivity contribution in [3.8, 4) is 0 Å². The molecule has 60 valence electrons. The first kappa shape index (κ1) is 7.98. The van der Waals surface area contributed by atoms with Crippen LogP contribution >= 0.6 is 0 Å². The van der Waals surface area contributed by atoms with E-state index in [4.69, 9.17) is 15.2 Å². The third-order valence-electron chi connectivity index (χ3n) is 1.46. The van der Waals surface area contributed by atoms with Gasteiger partial charge in [0.15, 0.2) is 6.29 Å². The third kappa shape index (κ3) is 2.64. The highest BCUT2D eigenvalue weighted by molar-refractivity contribution is 4.59. The Labute approximate surface area is 61.5 Å². The van der Waals surface area contributed by atoms with E-state index >= 15 is 0 Å². The molecule has 3 nitrogen and oxygen atoms in total. The van der Waals surface area contributed by atoms with Crippen LogP contribution in [0.15, 0.2) is 0 Å². The predicted molar refractivity (Wildman–Crippen MR) is 38.6 cm³/mol. The van der Waals surface area contributed by atoms with Crippen LogP contribution in [0.25, 0.3) is 0 Å². The fourth-order valence-corrected chi connectivity index (χ4v) is 0.976. The van der Waals surface area contributed by atoms with Crippen LogP contribution in [-0.4, -0.2) is 25.5 Å². The molecule has 0 aliphatic carbocycles. The van der Waals surface area contributed by atoms with Crippen molar-refractivity contribution in [1.29, 1.82) is 0 Å². The molecular weight excluding hydrogens is 130 g/mol. The molecule has 1 heterocycles. The number of hydrogen-bond acceptors (Lipinski definition) is 3. The van der Waals surface area contributed by atoms with Crippen molar-refractivity contribution in [2.24, 2.45) is 5.73 Å². The van der Waals surface area contributed by atoms with E-state index in [9.17, 15) is 0 Å². The molecule has 1 rings (SSSR count). The normalized spacial score (nSPS) is 24.6. The van der Waals surface area contributed by atoms with Gasteiger partial charge in [0.05, 0.1) is 13.2 Å². The van der Waals surface area contributed by atoms with Crippen molar-refractivity contribution < 1.29 is 9.47 Å². The summed E-state index contributed by atoms with van der Waals surface area (Å²) in [6, 6.07) is 0.170. The van der Waals surface area contributed by atoms with E-state index in [-0.39, 0.29) is 12.3 Å². The second-order valence-electron chi connectivity index (χ2n) is 2.74. The molecule has 0 amide bonds. The number of hydrogen-bond donors (Lipinski definition) is 1. The van der Waals surface area contributed by atoms with Crippen molar-refractivity contribution in [2.45, 2.75) is 32.1 Å². The zero-order chi connectivity index (χ0) is 7.40. The molecule has 0 radical (unpaired) electrons. The maximum atomic E-state index is 5.56. The van der Waals surface area contributed by atoms with Gasteiger partial charge in [-0.1, -0.05) is 0 Å². The van der Waals surface area contributed by atoms with Gasteiger partial charge < -0.3 is 15.2 Å². The molecule has 0 aromatic heterocycles. The Kier molecular flexibility index (Phi) is 3.12. The minimum atomic E-state index is -0.0475. The van der Waals surface area contributed by atoms with E-state index in [2.05, 4.69) is 0 Å². The maximum absolute atomic E-state index is 5.56. The molecule has 1 atom stereocenters. The Morgan fingerprint density at radius 1 is 1.50 bits per heavy atom. The van der Waals surface area contributed by atoms with Gasteiger partial charge in [-0.2, -0.15) is 0 Å². The first-order valence-corrected chi connectivity index (χ1v) is 3.78. The molecule has 1 saturated heterocycles. The smallest absolute Gasteiger partial charge is 0.159 e. The van der Waals surface area contributed by atoms with Gasteiger partial charge in [0.1, 0.15) is 0 Å². The SMILES string of the molecule is CC(N)CC1OCCCO1. The van der Waals surface area contributed by atoms with Crippen molar-refractivity contribution in [2.75, 3.05) is 13.2 Å². The summed E-state index contributed by atoms with van der Waals surface area (Å²) in [5.41, 5.74) is 5.56. The molecule has 1 fully saturated rings. The van der Waals surface area contributed by atoms with E-state index in [1.165, 1.54) is 0 Å². The van der Waals surface area contributed by atoms with Crippen molar-refractivity contribution >= 4 is 0 Å². The largest absolute Gasteiger partial charge is 0.353 e. The molecule has 1 aliphatic heterocycles. The van der Waals surface area contributed by atoms with Gasteiger partial charge in [-0.25, -0.2) is 0 Å². The topological polar surface area (TPSA) is 44.5 Å². The molecule has 0 aromatic rings. The summed E-state index contributed by atoms with van der Waals surface area (Å²) in [5.74, 6) is 0. The quantitative estimate of drug-likeness (QED) is 0.615. The van der Waals surface area contributed by atoms with Gasteiger partial charge in [-0.15, -0.1) is 0 Å². The fourth-order valence-electron chi connectivity index (χ4n) is 0.976. The minimum Gasteiger partial charge on any atom is -0.353 e. The van der Waals surface area contributed by atoms with Crippen LogP contribution in [0.2, 0.25) is 0 Å². The second-order valence-corrected chi connectivity index (χ2v) is 2.74. The van der Waals surface area contributed by atoms with Gasteiger partial charge >= 0.3 is 0 Å². The first-order chi connectivity index (χ1) is 4.79. The molecule has 0 bridgehead atoms. The number of nitrogens with two attached hydrogens (primary N) is 1. The minimum absolute atomic E-state index is 0.0475. The zero-order valence-corrected chi connectivity index (χ0v) is 6.38. The van der Waals surface area contributed by atoms with Crippen LogP contribution in [0.5, 0.6) is 0 Å². The van der Waals surface area contributed by atoms with Gasteiger partial charge in [-0.3, -0.25) is 0 Å². The van der Waals surface area contributed by atoms with Crippen LogP contribution in [0, 0.1) is 0 Å². The average molecular weight is 145 g/mol. The molecule has 10 heavy (non-hydrogen) atoms. The van der Waals surface area contributed by atoms with Gasteiger partial charge in [0.2, 0.25) is 0 Å². The number of ether oxygens (including phenoxy) is 2. The highest BCUT2D eigenvalue weighted by atomic mass is 16.7. The lowest BCUT2D eigenvalue weighted by Gasteiger charge is -2.24. The Hall–Kier alpha value is -0.120. The summed E-state index contributed by atoms with van der Waals surface area (Å²) in [5, 5.41) is 0. The zero-order valence-electron chi connectivity index (χ0n) is 6.38. The van der Waals surface area contributed by atoms with Gasteiger partial charge in [0, 0.05) is 12.5 Å². The molecule has 1 unspecified atom stereocenters. The van der Waals surface area contributed by atoms with E-state index in [1.807, 2.05) is 6.92 Å². The molecule has 0 saturated carbocycles. The molecule has 2 N–H and O–H groups in total. The molecule has 3 heteroatoms. The summed E-state index contributed by atoms with van der Waals surface area (Å²) in [4.78, 5) is 0. The predicted octanol–water partition coefficient (Wildman–Crippen LogP) is 0.487. The lowest BCUT2D eigenvalue weighted by molar-refractivity contribution is -0.182. The summed E-state index contributed by atoms with van der Waals surface area (Å²) in [6.07, 6.45) is 1.77. The lowest BCUT2D eigenvalue weighted by atomic mass is 10.2. The standard InChI is InChI=1S/C7H15NO2/c1-6(8)5-7-9-3-2-4-10-7/h6-7H,2-5,8H2,1H3. The summed E-state index contributed by atoms with van der Waals surface area (Å²) >= 11 is 0. The van der Waals surface area contributed by atoms with Crippen LogP contribution in [0.1, 0.15) is 19.8 Å². The van der Waals surface area contributed by atoms with Crippen LogP contribution < -0.4 is 5.73 Å². The summed E-state index contributed by atoms with van der Waals surface area (Å²) in [7, 11) is 0. The Balaban J connectivity index is 2.13. The Morgan fingerprint density at radius 2 is 2.10 bits per heavy atom. The summed E-state index contributed by atoms with van der Waals surface area (Å²) < 4.78 is 10.6. The fraction of sp³-hybridized carbons (Fsp3) is 1.00. The van der Waals surface area contributed by atoms with Crippen molar-refractivity contribution in [3.63, 3.8) is 0 Å². The molecule has 1 aliphatic rings. The van der Waals surface area contributed by atoms with Gasteiger partial charge in [-0.05, 0) is 13.3 Å². The monoisotopic (exact) mass is 145 g/mol. The van der Waals surface area contributed by atoms with Crippen LogP contribution in [0.3, 0.4) is 0 Å². The van der Waals surface area contributed by atoms with Crippen LogP contribution in [-0.2, 0) is 9.47 Å². The Bertz CT molecular complexity index is 89.6. The average Bonchev–Trinajstić information content (AvgIpc) is 1.88. The highest BCUT2D eigenvalue weighted by Crippen LogP contribution is 2.09. The third-order valence-corrected chi connectivity index (χ3v) is 1.46. The van der Waals surface area contributed by atoms with Crippen LogP contribution in [0.4, 0.5) is 0 Å². The van der Waals surface area contributed by atoms with Crippen molar-refractivity contribution in [1.82, 2.24) is 0 Å². The lowest BCUT2D eigenvalue weighted by Crippen LogP contribution is -2.31. The van der Waals surface area contributed by atoms with E-state index in [0.717, 1.165) is 26.1 Å². The molecule has 0 aromatic carbocycles. The molecule has 0 spiro atoms. The van der Waals surface area contributed by atoms with E-state index in [1.54, 1.807) is 0 Å². The maximum Gasteiger partial charge on any atom is 0.159 e.